The summed E-state index contributed by atoms with van der Waals surface area (Å²) < 4.78 is 1.81. The highest BCUT2D eigenvalue weighted by Gasteiger charge is 2.26. The van der Waals surface area contributed by atoms with E-state index in [0.717, 1.165) is 35.9 Å². The summed E-state index contributed by atoms with van der Waals surface area (Å²) in [4.78, 5) is 31.1. The summed E-state index contributed by atoms with van der Waals surface area (Å²) in [5.74, 6) is -0.211. The number of urea groups is 1. The summed E-state index contributed by atoms with van der Waals surface area (Å²) in [6.45, 7) is 5.85. The molecule has 0 bridgehead atoms. The number of amides is 3. The first kappa shape index (κ1) is 23.8. The zero-order valence-electron chi connectivity index (χ0n) is 19.4. The molecule has 4 rings (SSSR count). The molecule has 4 N–H and O–H groups in total. The molecule has 34 heavy (non-hydrogen) atoms. The van der Waals surface area contributed by atoms with E-state index in [1.165, 1.54) is 0 Å². The summed E-state index contributed by atoms with van der Waals surface area (Å²) in [7, 11) is 0. The summed E-state index contributed by atoms with van der Waals surface area (Å²) in [5.41, 5.74) is 8.31. The SMILES string of the molecule is CCC(NC(=O)c1cnc2c(cnn2CC)c1NC1CCN(C(N)=O)CC1)c1ccc(Cl)cc1. The Hall–Kier alpha value is -3.33. The van der Waals surface area contributed by atoms with Gasteiger partial charge in [0.15, 0.2) is 5.65 Å². The molecule has 0 aliphatic carbocycles. The first-order valence-electron chi connectivity index (χ1n) is 11.6. The van der Waals surface area contributed by atoms with Gasteiger partial charge in [0, 0.05) is 36.9 Å². The average Bonchev–Trinajstić information content (AvgIpc) is 3.27. The third-order valence-electron chi connectivity index (χ3n) is 6.35. The number of nitrogens with one attached hydrogen (secondary N) is 2. The van der Waals surface area contributed by atoms with Crippen molar-refractivity contribution in [3.63, 3.8) is 0 Å². The van der Waals surface area contributed by atoms with Crippen molar-refractivity contribution in [2.24, 2.45) is 5.73 Å². The van der Waals surface area contributed by atoms with Gasteiger partial charge in [-0.25, -0.2) is 14.5 Å². The number of halogens is 1. The molecule has 0 spiro atoms. The zero-order valence-corrected chi connectivity index (χ0v) is 20.2. The van der Waals surface area contributed by atoms with Crippen molar-refractivity contribution < 1.29 is 9.59 Å². The zero-order chi connectivity index (χ0) is 24.2. The van der Waals surface area contributed by atoms with Crippen molar-refractivity contribution in [2.45, 2.75) is 51.7 Å². The van der Waals surface area contributed by atoms with Gasteiger partial charge in [0.2, 0.25) is 0 Å². The highest BCUT2D eigenvalue weighted by molar-refractivity contribution is 6.30. The summed E-state index contributed by atoms with van der Waals surface area (Å²) >= 11 is 6.03. The number of aryl methyl sites for hydroxylation is 1. The maximum Gasteiger partial charge on any atom is 0.314 e. The first-order valence-corrected chi connectivity index (χ1v) is 12.0. The Balaban J connectivity index is 1.63. The number of anilines is 1. The number of aromatic nitrogens is 3. The smallest absolute Gasteiger partial charge is 0.314 e. The molecule has 0 radical (unpaired) electrons. The monoisotopic (exact) mass is 483 g/mol. The standard InChI is InChI=1S/C24H30ClN7O2/c1-3-20(15-5-7-16(25)8-6-15)30-23(33)19-13-27-22-18(14-28-32(22)4-2)21(19)29-17-9-11-31(12-10-17)24(26)34/h5-8,13-14,17,20H,3-4,9-12H2,1-2H3,(H2,26,34)(H,27,29)(H,30,33). The Morgan fingerprint density at radius 2 is 1.88 bits per heavy atom. The number of likely N-dealkylation sites (tertiary alicyclic amines) is 1. The molecule has 1 unspecified atom stereocenters. The molecule has 1 aliphatic rings. The number of carbonyl (C=O) groups is 2. The van der Waals surface area contributed by atoms with Crippen LogP contribution in [0.5, 0.6) is 0 Å². The Morgan fingerprint density at radius 3 is 2.50 bits per heavy atom. The molecule has 0 saturated carbocycles. The van der Waals surface area contributed by atoms with Crippen molar-refractivity contribution in [3.05, 3.63) is 52.8 Å². The van der Waals surface area contributed by atoms with Gasteiger partial charge < -0.3 is 21.3 Å². The Kier molecular flexibility index (Phi) is 7.21. The second-order valence-electron chi connectivity index (χ2n) is 8.47. The van der Waals surface area contributed by atoms with E-state index >= 15 is 0 Å². The lowest BCUT2D eigenvalue weighted by Crippen LogP contribution is -2.45. The quantitative estimate of drug-likeness (QED) is 0.470. The molecule has 1 fully saturated rings. The van der Waals surface area contributed by atoms with E-state index in [1.54, 1.807) is 22.0 Å². The van der Waals surface area contributed by atoms with Crippen LogP contribution in [-0.4, -0.2) is 50.7 Å². The average molecular weight is 484 g/mol. The van der Waals surface area contributed by atoms with Gasteiger partial charge in [0.1, 0.15) is 0 Å². The number of primary amides is 1. The number of hydrogen-bond donors (Lipinski definition) is 3. The molecule has 9 nitrogen and oxygen atoms in total. The highest BCUT2D eigenvalue weighted by atomic mass is 35.5. The van der Waals surface area contributed by atoms with Gasteiger partial charge in [-0.15, -0.1) is 0 Å². The van der Waals surface area contributed by atoms with Crippen LogP contribution in [0.25, 0.3) is 11.0 Å². The molecule has 1 saturated heterocycles. The number of piperidine rings is 1. The number of benzene rings is 1. The van der Waals surface area contributed by atoms with Crippen molar-refractivity contribution in [3.8, 4) is 0 Å². The van der Waals surface area contributed by atoms with Crippen LogP contribution in [0.1, 0.15) is 55.1 Å². The first-order chi connectivity index (χ1) is 16.4. The van der Waals surface area contributed by atoms with Gasteiger partial charge in [0.05, 0.1) is 28.9 Å². The molecule has 2 aromatic heterocycles. The second kappa shape index (κ2) is 10.3. The van der Waals surface area contributed by atoms with Gasteiger partial charge in [-0.3, -0.25) is 4.79 Å². The predicted molar refractivity (Wildman–Crippen MR) is 133 cm³/mol. The van der Waals surface area contributed by atoms with E-state index in [0.29, 0.717) is 35.9 Å². The van der Waals surface area contributed by atoms with Gasteiger partial charge >= 0.3 is 6.03 Å². The van der Waals surface area contributed by atoms with Crippen LogP contribution in [0.2, 0.25) is 5.02 Å². The number of fused-ring (bicyclic) bond motifs is 1. The number of nitrogens with zero attached hydrogens (tertiary/aromatic N) is 4. The van der Waals surface area contributed by atoms with Crippen molar-refractivity contribution in [1.82, 2.24) is 25.0 Å². The van der Waals surface area contributed by atoms with E-state index in [4.69, 9.17) is 17.3 Å². The van der Waals surface area contributed by atoms with Crippen molar-refractivity contribution in [2.75, 3.05) is 18.4 Å². The number of hydrogen-bond acceptors (Lipinski definition) is 5. The molecule has 1 atom stereocenters. The van der Waals surface area contributed by atoms with E-state index in [1.807, 2.05) is 38.1 Å². The lowest BCUT2D eigenvalue weighted by molar-refractivity contribution is 0.0936. The highest BCUT2D eigenvalue weighted by Crippen LogP contribution is 2.29. The molecule has 180 valence electrons. The molecule has 1 aromatic carbocycles. The van der Waals surface area contributed by atoms with Crippen LogP contribution in [-0.2, 0) is 6.54 Å². The third-order valence-corrected chi connectivity index (χ3v) is 6.60. The van der Waals surface area contributed by atoms with Gasteiger partial charge in [-0.1, -0.05) is 30.7 Å². The van der Waals surface area contributed by atoms with E-state index in [2.05, 4.69) is 20.7 Å². The minimum absolute atomic E-state index is 0.0935. The summed E-state index contributed by atoms with van der Waals surface area (Å²) in [6, 6.07) is 7.03. The number of carbonyl (C=O) groups excluding carboxylic acids is 2. The van der Waals surface area contributed by atoms with Crippen LogP contribution in [0.4, 0.5) is 10.5 Å². The predicted octanol–water partition coefficient (Wildman–Crippen LogP) is 3.94. The second-order valence-corrected chi connectivity index (χ2v) is 8.91. The van der Waals surface area contributed by atoms with Gasteiger partial charge in [-0.05, 0) is 43.9 Å². The number of nitrogens with two attached hydrogens (primary N) is 1. The maximum absolute atomic E-state index is 13.5. The Labute approximate surface area is 203 Å². The Morgan fingerprint density at radius 1 is 1.18 bits per heavy atom. The van der Waals surface area contributed by atoms with Crippen LogP contribution < -0.4 is 16.4 Å². The van der Waals surface area contributed by atoms with Gasteiger partial charge in [0.25, 0.3) is 5.91 Å². The molecular weight excluding hydrogens is 454 g/mol. The lowest BCUT2D eigenvalue weighted by Gasteiger charge is -2.32. The summed E-state index contributed by atoms with van der Waals surface area (Å²) in [5, 5.41) is 12.6. The normalized spacial score (nSPS) is 15.3. The van der Waals surface area contributed by atoms with Crippen LogP contribution in [0, 0.1) is 0 Å². The molecule has 3 aromatic rings. The molecule has 1 aliphatic heterocycles. The maximum atomic E-state index is 13.5. The minimum Gasteiger partial charge on any atom is -0.381 e. The fourth-order valence-electron chi connectivity index (χ4n) is 4.39. The topological polar surface area (TPSA) is 118 Å². The van der Waals surface area contributed by atoms with Crippen molar-refractivity contribution >= 4 is 40.3 Å². The van der Waals surface area contributed by atoms with E-state index in [-0.39, 0.29) is 18.0 Å². The molecule has 3 amide bonds. The van der Waals surface area contributed by atoms with Gasteiger partial charge in [-0.2, -0.15) is 5.10 Å². The number of rotatable bonds is 7. The molecule has 10 heteroatoms. The van der Waals surface area contributed by atoms with E-state index < -0.39 is 6.03 Å². The van der Waals surface area contributed by atoms with Crippen LogP contribution >= 0.6 is 11.6 Å². The largest absolute Gasteiger partial charge is 0.381 e. The van der Waals surface area contributed by atoms with E-state index in [9.17, 15) is 9.59 Å². The minimum atomic E-state index is -0.401. The molecule has 3 heterocycles. The van der Waals surface area contributed by atoms with Crippen molar-refractivity contribution in [1.29, 1.82) is 0 Å². The van der Waals surface area contributed by atoms with Crippen LogP contribution in [0.15, 0.2) is 36.7 Å². The van der Waals surface area contributed by atoms with Crippen LogP contribution in [0.3, 0.4) is 0 Å². The number of pyridine rings is 1. The summed E-state index contributed by atoms with van der Waals surface area (Å²) in [6.07, 6.45) is 5.56. The lowest BCUT2D eigenvalue weighted by atomic mass is 10.0. The fraction of sp³-hybridized carbons (Fsp3) is 0.417. The fourth-order valence-corrected chi connectivity index (χ4v) is 4.51. The molecular formula is C24H30ClN7O2. The third kappa shape index (κ3) is 4.94. The Bertz CT molecular complexity index is 1170.